The smallest absolute Gasteiger partial charge is 0.304 e. The van der Waals surface area contributed by atoms with Crippen molar-refractivity contribution in [3.63, 3.8) is 0 Å². The van der Waals surface area contributed by atoms with Crippen LogP contribution in [0, 0.1) is 12.8 Å². The summed E-state index contributed by atoms with van der Waals surface area (Å²) in [5.74, 6) is -0.603. The van der Waals surface area contributed by atoms with Crippen LogP contribution in [-0.4, -0.2) is 35.1 Å². The number of imidazole rings is 1. The number of sulfonamides is 1. The van der Waals surface area contributed by atoms with E-state index in [4.69, 9.17) is 5.11 Å². The Balaban J connectivity index is 2.97. The molecular weight excluding hydrogens is 270 g/mol. The van der Waals surface area contributed by atoms with Crippen LogP contribution in [0.4, 0.5) is 0 Å². The highest BCUT2D eigenvalue weighted by atomic mass is 32.2. The van der Waals surface area contributed by atoms with Gasteiger partial charge >= 0.3 is 5.97 Å². The summed E-state index contributed by atoms with van der Waals surface area (Å²) in [6.07, 6.45) is 1.14. The molecule has 0 radical (unpaired) electrons. The maximum absolute atomic E-state index is 12.1. The topological polar surface area (TPSA) is 101 Å². The fourth-order valence-electron chi connectivity index (χ4n) is 1.52. The first-order valence-electron chi connectivity index (χ1n) is 5.87. The molecule has 0 bridgehead atoms. The lowest BCUT2D eigenvalue weighted by atomic mass is 10.0. The Morgan fingerprint density at radius 2 is 2.11 bits per heavy atom. The van der Waals surface area contributed by atoms with E-state index in [1.807, 2.05) is 0 Å². The van der Waals surface area contributed by atoms with E-state index in [2.05, 4.69) is 9.71 Å². The number of aryl methyl sites for hydroxylation is 2. The average Bonchev–Trinajstić information content (AvgIpc) is 2.58. The molecule has 0 aliphatic rings. The molecule has 2 N–H and O–H groups in total. The van der Waals surface area contributed by atoms with E-state index in [1.165, 1.54) is 6.20 Å². The van der Waals surface area contributed by atoms with Gasteiger partial charge in [0.25, 0.3) is 10.0 Å². The molecule has 19 heavy (non-hydrogen) atoms. The van der Waals surface area contributed by atoms with Gasteiger partial charge in [-0.2, -0.15) is 0 Å². The lowest BCUT2D eigenvalue weighted by molar-refractivity contribution is -0.137. The third-order valence-electron chi connectivity index (χ3n) is 2.87. The Labute approximate surface area is 112 Å². The largest absolute Gasteiger partial charge is 0.481 e. The average molecular weight is 289 g/mol. The fraction of sp³-hybridized carbons (Fsp3) is 0.636. The predicted octanol–water partition coefficient (Wildman–Crippen LogP) is 0.506. The van der Waals surface area contributed by atoms with E-state index in [0.29, 0.717) is 5.82 Å². The van der Waals surface area contributed by atoms with Gasteiger partial charge < -0.3 is 9.67 Å². The van der Waals surface area contributed by atoms with Crippen molar-refractivity contribution in [2.45, 2.75) is 38.3 Å². The summed E-state index contributed by atoms with van der Waals surface area (Å²) in [6.45, 7) is 5.22. The van der Waals surface area contributed by atoms with Gasteiger partial charge in [-0.15, -0.1) is 0 Å². The number of hydrogen-bond donors (Lipinski definition) is 2. The predicted molar refractivity (Wildman–Crippen MR) is 69.1 cm³/mol. The van der Waals surface area contributed by atoms with Crippen LogP contribution in [-0.2, 0) is 21.9 Å². The standard InChI is InChI=1S/C11H19N3O4S/c1-7(2)9(5-11(15)16)13-19(17,18)10-6-14(4)8(3)12-10/h6-7,9,13H,5H2,1-4H3,(H,15,16). The van der Waals surface area contributed by atoms with Crippen molar-refractivity contribution in [3.8, 4) is 0 Å². The van der Waals surface area contributed by atoms with Gasteiger partial charge in [0.1, 0.15) is 5.82 Å². The summed E-state index contributed by atoms with van der Waals surface area (Å²) in [7, 11) is -2.10. The Morgan fingerprint density at radius 3 is 2.47 bits per heavy atom. The first-order valence-corrected chi connectivity index (χ1v) is 7.36. The number of nitrogens with one attached hydrogen (secondary N) is 1. The molecule has 0 aliphatic carbocycles. The zero-order chi connectivity index (χ0) is 14.8. The van der Waals surface area contributed by atoms with Gasteiger partial charge in [-0.05, 0) is 12.8 Å². The number of aromatic nitrogens is 2. The van der Waals surface area contributed by atoms with E-state index in [9.17, 15) is 13.2 Å². The van der Waals surface area contributed by atoms with E-state index < -0.39 is 22.0 Å². The third kappa shape index (κ3) is 4.03. The van der Waals surface area contributed by atoms with Crippen LogP contribution in [0.1, 0.15) is 26.1 Å². The van der Waals surface area contributed by atoms with E-state index in [-0.39, 0.29) is 17.4 Å². The number of carboxylic acids is 1. The molecule has 8 heteroatoms. The molecule has 1 rings (SSSR count). The summed E-state index contributed by atoms with van der Waals surface area (Å²) in [5.41, 5.74) is 0. The van der Waals surface area contributed by atoms with Crippen molar-refractivity contribution < 1.29 is 18.3 Å². The molecule has 1 aromatic heterocycles. The molecule has 0 spiro atoms. The number of hydrogen-bond acceptors (Lipinski definition) is 4. The molecule has 0 aliphatic heterocycles. The molecule has 0 amide bonds. The van der Waals surface area contributed by atoms with Gasteiger partial charge in [0.2, 0.25) is 0 Å². The van der Waals surface area contributed by atoms with Crippen molar-refractivity contribution in [1.29, 1.82) is 0 Å². The molecule has 0 fully saturated rings. The lowest BCUT2D eigenvalue weighted by Gasteiger charge is -2.19. The van der Waals surface area contributed by atoms with E-state index in [0.717, 1.165) is 0 Å². The zero-order valence-electron chi connectivity index (χ0n) is 11.4. The second-order valence-electron chi connectivity index (χ2n) is 4.81. The summed E-state index contributed by atoms with van der Waals surface area (Å²) in [4.78, 5) is 14.7. The van der Waals surface area contributed by atoms with Gasteiger partial charge in [-0.1, -0.05) is 13.8 Å². The fourth-order valence-corrected chi connectivity index (χ4v) is 2.94. The van der Waals surface area contributed by atoms with Gasteiger partial charge in [0.15, 0.2) is 5.03 Å². The summed E-state index contributed by atoms with van der Waals surface area (Å²) >= 11 is 0. The molecule has 108 valence electrons. The molecule has 1 unspecified atom stereocenters. The highest BCUT2D eigenvalue weighted by molar-refractivity contribution is 7.89. The number of carboxylic acid groups (broad SMARTS) is 1. The van der Waals surface area contributed by atoms with Crippen molar-refractivity contribution in [1.82, 2.24) is 14.3 Å². The third-order valence-corrected chi connectivity index (χ3v) is 4.23. The lowest BCUT2D eigenvalue weighted by Crippen LogP contribution is -2.40. The van der Waals surface area contributed by atoms with Crippen LogP contribution < -0.4 is 4.72 Å². The van der Waals surface area contributed by atoms with Gasteiger partial charge in [-0.25, -0.2) is 18.1 Å². The van der Waals surface area contributed by atoms with Gasteiger partial charge in [0, 0.05) is 19.3 Å². The second-order valence-corrected chi connectivity index (χ2v) is 6.47. The first-order chi connectivity index (χ1) is 8.63. The molecule has 7 nitrogen and oxygen atoms in total. The number of nitrogens with zero attached hydrogens (tertiary/aromatic N) is 2. The quantitative estimate of drug-likeness (QED) is 0.794. The van der Waals surface area contributed by atoms with Crippen LogP contribution in [0.5, 0.6) is 0 Å². The van der Waals surface area contributed by atoms with Gasteiger partial charge in [-0.3, -0.25) is 4.79 Å². The van der Waals surface area contributed by atoms with Crippen LogP contribution >= 0.6 is 0 Å². The minimum atomic E-state index is -3.80. The summed E-state index contributed by atoms with van der Waals surface area (Å²) in [6, 6.07) is -0.662. The monoisotopic (exact) mass is 289 g/mol. The van der Waals surface area contributed by atoms with Gasteiger partial charge in [0.05, 0.1) is 6.42 Å². The molecule has 0 saturated carbocycles. The minimum absolute atomic E-state index is 0.0939. The van der Waals surface area contributed by atoms with E-state index >= 15 is 0 Å². The number of rotatable bonds is 6. The summed E-state index contributed by atoms with van der Waals surface area (Å²) < 4.78 is 28.2. The maximum Gasteiger partial charge on any atom is 0.304 e. The number of aliphatic carboxylic acids is 1. The minimum Gasteiger partial charge on any atom is -0.481 e. The maximum atomic E-state index is 12.1. The Bertz CT molecular complexity index is 543. The van der Waals surface area contributed by atoms with Crippen LogP contribution in [0.2, 0.25) is 0 Å². The van der Waals surface area contributed by atoms with Crippen LogP contribution in [0.25, 0.3) is 0 Å². The van der Waals surface area contributed by atoms with Crippen molar-refractivity contribution in [3.05, 3.63) is 12.0 Å². The Hall–Kier alpha value is -1.41. The molecule has 1 atom stereocenters. The second kappa shape index (κ2) is 5.70. The van der Waals surface area contributed by atoms with Crippen molar-refractivity contribution in [2.24, 2.45) is 13.0 Å². The number of carbonyl (C=O) groups is 1. The highest BCUT2D eigenvalue weighted by Gasteiger charge is 2.26. The SMILES string of the molecule is Cc1nc(S(=O)(=O)NC(CC(=O)O)C(C)C)cn1C. The summed E-state index contributed by atoms with van der Waals surface area (Å²) in [5, 5.41) is 8.70. The molecule has 0 saturated heterocycles. The molecule has 1 aromatic rings. The first kappa shape index (κ1) is 15.6. The zero-order valence-corrected chi connectivity index (χ0v) is 12.2. The molecule has 0 aromatic carbocycles. The Kier molecular flexibility index (Phi) is 4.70. The molecular formula is C11H19N3O4S. The highest BCUT2D eigenvalue weighted by Crippen LogP contribution is 2.13. The van der Waals surface area contributed by atoms with E-state index in [1.54, 1.807) is 32.4 Å². The van der Waals surface area contributed by atoms with Crippen molar-refractivity contribution >= 4 is 16.0 Å². The molecule has 1 heterocycles. The van der Waals surface area contributed by atoms with Crippen molar-refractivity contribution in [2.75, 3.05) is 0 Å². The normalized spacial score (nSPS) is 13.7. The van der Waals surface area contributed by atoms with Crippen LogP contribution in [0.15, 0.2) is 11.2 Å². The van der Waals surface area contributed by atoms with Crippen LogP contribution in [0.3, 0.4) is 0 Å². The Morgan fingerprint density at radius 1 is 1.53 bits per heavy atom.